The van der Waals surface area contributed by atoms with Crippen LogP contribution in [0.4, 0.5) is 11.4 Å². The molecule has 5 rings (SSSR count). The largest absolute Gasteiger partial charge is 0.493 e. The van der Waals surface area contributed by atoms with Gasteiger partial charge in [0.15, 0.2) is 17.6 Å². The standard InChI is InChI=1S/C29H30N2O5/c1-4-17-35-23-16-13-20(18-24(23)34-3)26-25-27(36-31(26)22-9-7-6-8-10-22)29(33)30(28(25)32)21-14-11-19(5-2)12-15-21/h6-16,18,25-27H,4-5,17H2,1-3H3/t25-,26+,27-/m0/s1. The summed E-state index contributed by atoms with van der Waals surface area (Å²) in [5.41, 5.74) is 3.27. The molecule has 2 aliphatic rings. The molecular weight excluding hydrogens is 456 g/mol. The summed E-state index contributed by atoms with van der Waals surface area (Å²) in [5.74, 6) is -0.135. The zero-order chi connectivity index (χ0) is 25.2. The fourth-order valence-corrected chi connectivity index (χ4v) is 4.89. The predicted octanol–water partition coefficient (Wildman–Crippen LogP) is 5.10. The Morgan fingerprint density at radius 1 is 0.861 bits per heavy atom. The van der Waals surface area contributed by atoms with Crippen molar-refractivity contribution >= 4 is 23.2 Å². The molecule has 0 radical (unpaired) electrons. The first-order valence-electron chi connectivity index (χ1n) is 12.4. The van der Waals surface area contributed by atoms with Gasteiger partial charge in [-0.3, -0.25) is 14.4 Å². The minimum atomic E-state index is -0.921. The Balaban J connectivity index is 1.55. The van der Waals surface area contributed by atoms with Gasteiger partial charge in [-0.2, -0.15) is 0 Å². The highest BCUT2D eigenvalue weighted by atomic mass is 16.7. The van der Waals surface area contributed by atoms with Gasteiger partial charge in [-0.1, -0.05) is 50.2 Å². The van der Waals surface area contributed by atoms with Crippen molar-refractivity contribution in [2.24, 2.45) is 5.92 Å². The second-order valence-corrected chi connectivity index (χ2v) is 8.95. The van der Waals surface area contributed by atoms with Gasteiger partial charge in [0.05, 0.1) is 31.1 Å². The van der Waals surface area contributed by atoms with Crippen LogP contribution in [0.2, 0.25) is 0 Å². The van der Waals surface area contributed by atoms with Crippen LogP contribution in [-0.4, -0.2) is 31.6 Å². The molecule has 0 spiro atoms. The van der Waals surface area contributed by atoms with Crippen molar-refractivity contribution in [3.05, 3.63) is 83.9 Å². The summed E-state index contributed by atoms with van der Waals surface area (Å²) >= 11 is 0. The molecule has 0 N–H and O–H groups in total. The number of methoxy groups -OCH3 is 1. The van der Waals surface area contributed by atoms with Crippen molar-refractivity contribution < 1.29 is 23.9 Å². The zero-order valence-electron chi connectivity index (χ0n) is 20.7. The molecule has 7 heteroatoms. The summed E-state index contributed by atoms with van der Waals surface area (Å²) in [6.45, 7) is 4.68. The average Bonchev–Trinajstić information content (AvgIpc) is 3.43. The molecule has 2 saturated heterocycles. The third-order valence-electron chi connectivity index (χ3n) is 6.72. The third-order valence-corrected chi connectivity index (χ3v) is 6.72. The van der Waals surface area contributed by atoms with Crippen LogP contribution in [0.5, 0.6) is 11.5 Å². The van der Waals surface area contributed by atoms with E-state index in [0.717, 1.165) is 29.7 Å². The maximum atomic E-state index is 13.8. The number of anilines is 2. The van der Waals surface area contributed by atoms with E-state index in [1.807, 2.05) is 79.7 Å². The van der Waals surface area contributed by atoms with Crippen molar-refractivity contribution in [3.8, 4) is 11.5 Å². The number of amides is 2. The molecule has 2 fully saturated rings. The molecule has 2 heterocycles. The zero-order valence-corrected chi connectivity index (χ0v) is 20.7. The van der Waals surface area contributed by atoms with Crippen LogP contribution < -0.4 is 19.4 Å². The Hall–Kier alpha value is -3.84. The van der Waals surface area contributed by atoms with Gasteiger partial charge in [-0.05, 0) is 60.4 Å². The Morgan fingerprint density at radius 2 is 1.61 bits per heavy atom. The van der Waals surface area contributed by atoms with E-state index in [2.05, 4.69) is 6.92 Å². The summed E-state index contributed by atoms with van der Waals surface area (Å²) in [7, 11) is 1.59. The monoisotopic (exact) mass is 486 g/mol. The molecule has 0 saturated carbocycles. The minimum Gasteiger partial charge on any atom is -0.493 e. The van der Waals surface area contributed by atoms with E-state index in [4.69, 9.17) is 14.3 Å². The number of fused-ring (bicyclic) bond motifs is 1. The maximum absolute atomic E-state index is 13.8. The Labute approximate surface area is 211 Å². The second-order valence-electron chi connectivity index (χ2n) is 8.95. The molecule has 36 heavy (non-hydrogen) atoms. The first-order valence-corrected chi connectivity index (χ1v) is 12.4. The van der Waals surface area contributed by atoms with E-state index in [9.17, 15) is 9.59 Å². The van der Waals surface area contributed by atoms with Crippen LogP contribution >= 0.6 is 0 Å². The number of nitrogens with zero attached hydrogens (tertiary/aromatic N) is 2. The van der Waals surface area contributed by atoms with Gasteiger partial charge in [0, 0.05) is 0 Å². The van der Waals surface area contributed by atoms with Gasteiger partial charge >= 0.3 is 0 Å². The number of imide groups is 1. The highest BCUT2D eigenvalue weighted by molar-refractivity contribution is 6.23. The lowest BCUT2D eigenvalue weighted by Crippen LogP contribution is -2.37. The van der Waals surface area contributed by atoms with Gasteiger partial charge in [0.25, 0.3) is 5.91 Å². The van der Waals surface area contributed by atoms with E-state index >= 15 is 0 Å². The van der Waals surface area contributed by atoms with Crippen molar-refractivity contribution in [1.82, 2.24) is 0 Å². The molecule has 0 aromatic heterocycles. The number of carbonyl (C=O) groups excluding carboxylic acids is 2. The summed E-state index contributed by atoms with van der Waals surface area (Å²) in [4.78, 5) is 34.8. The number of benzene rings is 3. The molecule has 186 valence electrons. The minimum absolute atomic E-state index is 0.275. The van der Waals surface area contributed by atoms with Crippen LogP contribution in [0.25, 0.3) is 0 Å². The molecule has 2 amide bonds. The molecule has 0 bridgehead atoms. The van der Waals surface area contributed by atoms with E-state index in [1.54, 1.807) is 12.2 Å². The molecule has 0 aliphatic carbocycles. The molecule has 2 aliphatic heterocycles. The molecule has 3 aromatic rings. The van der Waals surface area contributed by atoms with Gasteiger partial charge < -0.3 is 9.47 Å². The lowest BCUT2D eigenvalue weighted by molar-refractivity contribution is -0.126. The van der Waals surface area contributed by atoms with Crippen LogP contribution in [0, 0.1) is 5.92 Å². The van der Waals surface area contributed by atoms with Crippen LogP contribution in [0.15, 0.2) is 72.8 Å². The second kappa shape index (κ2) is 10.0. The first-order chi connectivity index (χ1) is 17.6. The van der Waals surface area contributed by atoms with Gasteiger partial charge in [0.1, 0.15) is 5.92 Å². The van der Waals surface area contributed by atoms with Gasteiger partial charge in [-0.15, -0.1) is 0 Å². The molecule has 0 unspecified atom stereocenters. The number of aryl methyl sites for hydroxylation is 1. The molecule has 7 nitrogen and oxygen atoms in total. The predicted molar refractivity (Wildman–Crippen MR) is 137 cm³/mol. The quantitative estimate of drug-likeness (QED) is 0.413. The average molecular weight is 487 g/mol. The molecule has 3 aromatic carbocycles. The van der Waals surface area contributed by atoms with Crippen molar-refractivity contribution in [2.75, 3.05) is 23.7 Å². The number of ether oxygens (including phenoxy) is 2. The van der Waals surface area contributed by atoms with Crippen molar-refractivity contribution in [1.29, 1.82) is 0 Å². The fourth-order valence-electron chi connectivity index (χ4n) is 4.89. The van der Waals surface area contributed by atoms with E-state index in [-0.39, 0.29) is 11.8 Å². The number of hydroxylamine groups is 1. The smallest absolute Gasteiger partial charge is 0.266 e. The SMILES string of the molecule is CCCOc1ccc([C@@H]2[C@@H]3C(=O)N(c4ccc(CC)cc4)C(=O)[C@H]3ON2c2ccccc2)cc1OC. The summed E-state index contributed by atoms with van der Waals surface area (Å²) in [6.07, 6.45) is 0.832. The molecular formula is C29H30N2O5. The number of rotatable bonds is 8. The number of para-hydroxylation sites is 1. The van der Waals surface area contributed by atoms with Crippen molar-refractivity contribution in [3.63, 3.8) is 0 Å². The summed E-state index contributed by atoms with van der Waals surface area (Å²) in [6, 6.07) is 22.2. The number of carbonyl (C=O) groups is 2. The Kier molecular flexibility index (Phi) is 6.65. The highest BCUT2D eigenvalue weighted by Crippen LogP contribution is 2.48. The van der Waals surface area contributed by atoms with Crippen LogP contribution in [0.3, 0.4) is 0 Å². The van der Waals surface area contributed by atoms with Gasteiger partial charge in [-0.25, -0.2) is 9.96 Å². The van der Waals surface area contributed by atoms with E-state index in [1.165, 1.54) is 4.90 Å². The maximum Gasteiger partial charge on any atom is 0.266 e. The van der Waals surface area contributed by atoms with E-state index in [0.29, 0.717) is 23.8 Å². The summed E-state index contributed by atoms with van der Waals surface area (Å²) < 4.78 is 11.4. The fraction of sp³-hybridized carbons (Fsp3) is 0.310. The lowest BCUT2D eigenvalue weighted by Gasteiger charge is -2.29. The topological polar surface area (TPSA) is 68.3 Å². The number of hydrogen-bond acceptors (Lipinski definition) is 6. The third kappa shape index (κ3) is 4.09. The van der Waals surface area contributed by atoms with Gasteiger partial charge in [0.2, 0.25) is 5.91 Å². The van der Waals surface area contributed by atoms with Crippen LogP contribution in [0.1, 0.15) is 37.4 Å². The first kappa shape index (κ1) is 23.9. The Morgan fingerprint density at radius 3 is 2.28 bits per heavy atom. The Bertz CT molecular complexity index is 1240. The number of hydrogen-bond donors (Lipinski definition) is 0. The van der Waals surface area contributed by atoms with Crippen LogP contribution in [-0.2, 0) is 20.8 Å². The summed E-state index contributed by atoms with van der Waals surface area (Å²) in [5, 5.41) is 1.68. The van der Waals surface area contributed by atoms with Crippen molar-refractivity contribution in [2.45, 2.75) is 38.8 Å². The molecule has 3 atom stereocenters. The highest BCUT2D eigenvalue weighted by Gasteiger charge is 2.60. The normalized spacial score (nSPS) is 21.1. The van der Waals surface area contributed by atoms with E-state index < -0.39 is 18.1 Å². The lowest BCUT2D eigenvalue weighted by atomic mass is 9.90.